The van der Waals surface area contributed by atoms with Gasteiger partial charge in [0, 0.05) is 19.1 Å². The van der Waals surface area contributed by atoms with E-state index in [4.69, 9.17) is 16.7 Å². The number of aryl methyl sites for hydroxylation is 1. The van der Waals surface area contributed by atoms with Gasteiger partial charge in [-0.25, -0.2) is 9.80 Å². The molecule has 1 aliphatic rings. The van der Waals surface area contributed by atoms with E-state index >= 15 is 0 Å². The van der Waals surface area contributed by atoms with Gasteiger partial charge in [-0.05, 0) is 31.5 Å². The average Bonchev–Trinajstić information content (AvgIpc) is 3.04. The number of hydrogen-bond acceptors (Lipinski definition) is 5. The van der Waals surface area contributed by atoms with Gasteiger partial charge in [-0.15, -0.1) is 0 Å². The van der Waals surface area contributed by atoms with Gasteiger partial charge in [0.2, 0.25) is 5.95 Å². The van der Waals surface area contributed by atoms with Crippen LogP contribution in [0.15, 0.2) is 39.0 Å². The molecule has 4 rings (SSSR count). The van der Waals surface area contributed by atoms with Crippen molar-refractivity contribution in [2.24, 2.45) is 19.2 Å². The van der Waals surface area contributed by atoms with Crippen LogP contribution >= 0.6 is 11.6 Å². The smallest absolute Gasteiger partial charge is 0.297 e. The molecule has 8 nitrogen and oxygen atoms in total. The Balaban J connectivity index is 2.00. The zero-order chi connectivity index (χ0) is 19.5. The number of anilines is 1. The summed E-state index contributed by atoms with van der Waals surface area (Å²) in [5, 5.41) is 7.17. The van der Waals surface area contributed by atoms with Crippen molar-refractivity contribution in [1.82, 2.24) is 18.7 Å². The van der Waals surface area contributed by atoms with Crippen molar-refractivity contribution in [1.29, 1.82) is 0 Å². The summed E-state index contributed by atoms with van der Waals surface area (Å²) in [5.74, 6) is 0.552. The van der Waals surface area contributed by atoms with Crippen molar-refractivity contribution >= 4 is 34.4 Å². The fraction of sp³-hybridized carbons (Fsp3) is 0.333. The van der Waals surface area contributed by atoms with E-state index in [9.17, 15) is 9.59 Å². The van der Waals surface area contributed by atoms with Gasteiger partial charge in [0.05, 0.1) is 18.3 Å². The van der Waals surface area contributed by atoms with Crippen molar-refractivity contribution in [3.8, 4) is 0 Å². The van der Waals surface area contributed by atoms with Gasteiger partial charge in [0.15, 0.2) is 11.2 Å². The number of halogens is 1. The van der Waals surface area contributed by atoms with E-state index in [0.29, 0.717) is 28.7 Å². The van der Waals surface area contributed by atoms with E-state index < -0.39 is 5.69 Å². The predicted octanol–water partition coefficient (Wildman–Crippen LogP) is 1.72. The highest BCUT2D eigenvalue weighted by Crippen LogP contribution is 2.27. The summed E-state index contributed by atoms with van der Waals surface area (Å²) in [5.41, 5.74) is 1.69. The molecule has 1 aromatic carbocycles. The fourth-order valence-electron chi connectivity index (χ4n) is 3.25. The molecule has 0 unspecified atom stereocenters. The summed E-state index contributed by atoms with van der Waals surface area (Å²) in [4.78, 5) is 29.7. The van der Waals surface area contributed by atoms with Crippen molar-refractivity contribution in [2.75, 3.05) is 5.01 Å². The molecule has 0 saturated heterocycles. The number of hydrazone groups is 1. The molecule has 0 bridgehead atoms. The van der Waals surface area contributed by atoms with Crippen LogP contribution in [-0.4, -0.2) is 30.4 Å². The first kappa shape index (κ1) is 17.5. The van der Waals surface area contributed by atoms with Crippen LogP contribution in [0, 0.1) is 0 Å². The van der Waals surface area contributed by atoms with Crippen molar-refractivity contribution in [3.05, 3.63) is 55.7 Å². The SMILES string of the molecule is CC(C)N1N=C(c2ccc(Cl)cc2)Cn2c1nc1c2c(=O)n(C)c(=O)n1C. The molecule has 0 fully saturated rings. The molecule has 9 heteroatoms. The molecule has 3 heterocycles. The van der Waals surface area contributed by atoms with Gasteiger partial charge >= 0.3 is 5.69 Å². The highest BCUT2D eigenvalue weighted by molar-refractivity contribution is 6.30. The average molecular weight is 387 g/mol. The van der Waals surface area contributed by atoms with E-state index in [0.717, 1.165) is 15.8 Å². The first-order valence-electron chi connectivity index (χ1n) is 8.58. The number of hydrogen-bond donors (Lipinski definition) is 0. The predicted molar refractivity (Wildman–Crippen MR) is 106 cm³/mol. The summed E-state index contributed by atoms with van der Waals surface area (Å²) >= 11 is 6.00. The Hall–Kier alpha value is -2.87. The normalized spacial score (nSPS) is 14.0. The Kier molecular flexibility index (Phi) is 3.96. The molecule has 0 N–H and O–H groups in total. The van der Waals surface area contributed by atoms with Crippen molar-refractivity contribution < 1.29 is 0 Å². The molecule has 0 spiro atoms. The molecule has 0 radical (unpaired) electrons. The Morgan fingerprint density at radius 3 is 2.37 bits per heavy atom. The topological polar surface area (TPSA) is 77.4 Å². The molecule has 0 amide bonds. The zero-order valence-electron chi connectivity index (χ0n) is 15.5. The van der Waals surface area contributed by atoms with Crippen LogP contribution < -0.4 is 16.3 Å². The van der Waals surface area contributed by atoms with Gasteiger partial charge in [0.1, 0.15) is 0 Å². The summed E-state index contributed by atoms with van der Waals surface area (Å²) in [6, 6.07) is 7.44. The molecule has 0 saturated carbocycles. The molecule has 2 aromatic heterocycles. The van der Waals surface area contributed by atoms with Crippen LogP contribution in [0.4, 0.5) is 5.95 Å². The van der Waals surface area contributed by atoms with Crippen molar-refractivity contribution in [3.63, 3.8) is 0 Å². The molecule has 1 aliphatic heterocycles. The maximum absolute atomic E-state index is 12.8. The lowest BCUT2D eigenvalue weighted by Crippen LogP contribution is -2.38. The lowest BCUT2D eigenvalue weighted by atomic mass is 10.1. The van der Waals surface area contributed by atoms with Crippen LogP contribution in [0.1, 0.15) is 19.4 Å². The van der Waals surface area contributed by atoms with E-state index in [-0.39, 0.29) is 11.6 Å². The number of fused-ring (bicyclic) bond motifs is 3. The Morgan fingerprint density at radius 1 is 1.07 bits per heavy atom. The van der Waals surface area contributed by atoms with Crippen LogP contribution in [0.25, 0.3) is 11.2 Å². The first-order valence-corrected chi connectivity index (χ1v) is 8.96. The minimum Gasteiger partial charge on any atom is -0.297 e. The van der Waals surface area contributed by atoms with Gasteiger partial charge in [0.25, 0.3) is 5.56 Å². The molecule has 0 atom stereocenters. The number of rotatable bonds is 2. The molecule has 3 aromatic rings. The number of nitrogens with zero attached hydrogens (tertiary/aromatic N) is 6. The maximum atomic E-state index is 12.8. The Morgan fingerprint density at radius 2 is 1.74 bits per heavy atom. The van der Waals surface area contributed by atoms with E-state index in [1.54, 1.807) is 12.1 Å². The van der Waals surface area contributed by atoms with E-state index in [1.165, 1.54) is 11.6 Å². The third-order valence-corrected chi connectivity index (χ3v) is 4.99. The second kappa shape index (κ2) is 6.09. The van der Waals surface area contributed by atoms with E-state index in [2.05, 4.69) is 4.98 Å². The molecular formula is C18H19ClN6O2. The summed E-state index contributed by atoms with van der Waals surface area (Å²) in [7, 11) is 3.09. The number of imidazole rings is 1. The molecule has 0 aliphatic carbocycles. The second-order valence-electron chi connectivity index (χ2n) is 6.87. The zero-order valence-corrected chi connectivity index (χ0v) is 16.2. The standard InChI is InChI=1S/C18H19ClN6O2/c1-10(2)25-17-20-15-14(16(26)23(4)18(27)22(15)3)24(17)9-13(21-25)11-5-7-12(19)8-6-11/h5-8,10H,9H2,1-4H3. The van der Waals surface area contributed by atoms with Crippen LogP contribution in [0.3, 0.4) is 0 Å². The third kappa shape index (κ3) is 2.59. The van der Waals surface area contributed by atoms with Gasteiger partial charge in [-0.3, -0.25) is 18.5 Å². The number of benzene rings is 1. The largest absolute Gasteiger partial charge is 0.332 e. The van der Waals surface area contributed by atoms with Gasteiger partial charge < -0.3 is 0 Å². The monoisotopic (exact) mass is 386 g/mol. The third-order valence-electron chi connectivity index (χ3n) is 4.74. The Bertz CT molecular complexity index is 1200. The highest BCUT2D eigenvalue weighted by Gasteiger charge is 2.28. The quantitative estimate of drug-likeness (QED) is 0.672. The highest BCUT2D eigenvalue weighted by atomic mass is 35.5. The van der Waals surface area contributed by atoms with Crippen LogP contribution in [0.5, 0.6) is 0 Å². The molecular weight excluding hydrogens is 368 g/mol. The fourth-order valence-corrected chi connectivity index (χ4v) is 3.38. The van der Waals surface area contributed by atoms with E-state index in [1.807, 2.05) is 42.7 Å². The number of aromatic nitrogens is 4. The second-order valence-corrected chi connectivity index (χ2v) is 7.30. The minimum atomic E-state index is -0.405. The summed E-state index contributed by atoms with van der Waals surface area (Å²) in [6.07, 6.45) is 0. The van der Waals surface area contributed by atoms with Crippen LogP contribution in [0.2, 0.25) is 5.02 Å². The maximum Gasteiger partial charge on any atom is 0.332 e. The molecule has 140 valence electrons. The minimum absolute atomic E-state index is 0.0176. The Labute approximate surface area is 159 Å². The van der Waals surface area contributed by atoms with Crippen molar-refractivity contribution in [2.45, 2.75) is 26.4 Å². The van der Waals surface area contributed by atoms with Gasteiger partial charge in [-0.1, -0.05) is 23.7 Å². The van der Waals surface area contributed by atoms with Crippen LogP contribution in [-0.2, 0) is 20.6 Å². The van der Waals surface area contributed by atoms with Gasteiger partial charge in [-0.2, -0.15) is 10.1 Å². The first-order chi connectivity index (χ1) is 12.8. The lowest BCUT2D eigenvalue weighted by Gasteiger charge is -2.28. The summed E-state index contributed by atoms with van der Waals surface area (Å²) < 4.78 is 4.32. The summed E-state index contributed by atoms with van der Waals surface area (Å²) in [6.45, 7) is 4.37. The lowest BCUT2D eigenvalue weighted by molar-refractivity contribution is 0.645. The molecule has 27 heavy (non-hydrogen) atoms.